The summed E-state index contributed by atoms with van der Waals surface area (Å²) >= 11 is 0. The molecule has 2 aromatic carbocycles. The normalized spacial score (nSPS) is 18.7. The number of alkyl halides is 1. The second kappa shape index (κ2) is 10.0. The van der Waals surface area contributed by atoms with Crippen molar-refractivity contribution in [2.24, 2.45) is 0 Å². The number of H-pyrrole nitrogens is 1. The first kappa shape index (κ1) is 23.9. The minimum absolute atomic E-state index is 0.00756. The fourth-order valence-electron chi connectivity index (χ4n) is 5.53. The van der Waals surface area contributed by atoms with Gasteiger partial charge in [0.25, 0.3) is 0 Å². The van der Waals surface area contributed by atoms with Crippen molar-refractivity contribution >= 4 is 22.3 Å². The lowest BCUT2D eigenvalue weighted by Crippen LogP contribution is -2.54. The maximum Gasteiger partial charge on any atom is 0.224 e. The van der Waals surface area contributed by atoms with E-state index in [1.165, 1.54) is 12.1 Å². The predicted molar refractivity (Wildman–Crippen MR) is 132 cm³/mol. The van der Waals surface area contributed by atoms with Gasteiger partial charge in [-0.2, -0.15) is 0 Å². The Kier molecular flexibility index (Phi) is 6.84. The first-order valence-electron chi connectivity index (χ1n) is 12.3. The van der Waals surface area contributed by atoms with E-state index >= 15 is 8.78 Å². The maximum atomic E-state index is 15.7. The minimum atomic E-state index is -0.647. The van der Waals surface area contributed by atoms with Crippen LogP contribution in [0.2, 0.25) is 0 Å². The van der Waals surface area contributed by atoms with Crippen LogP contribution in [0.3, 0.4) is 0 Å². The van der Waals surface area contributed by atoms with Gasteiger partial charge in [0.15, 0.2) is 5.71 Å². The van der Waals surface area contributed by atoms with Gasteiger partial charge in [-0.05, 0) is 30.2 Å². The lowest BCUT2D eigenvalue weighted by Gasteiger charge is -2.40. The molecule has 5 rings (SSSR count). The number of hydrogen-bond acceptors (Lipinski definition) is 3. The number of aromatic amines is 1. The first-order valence-corrected chi connectivity index (χ1v) is 12.3. The summed E-state index contributed by atoms with van der Waals surface area (Å²) in [6, 6.07) is 10.1. The van der Waals surface area contributed by atoms with Crippen LogP contribution >= 0.6 is 0 Å². The molecule has 8 heteroatoms. The number of aliphatic hydroxyl groups is 1. The third kappa shape index (κ3) is 4.57. The zero-order valence-corrected chi connectivity index (χ0v) is 20.0. The van der Waals surface area contributed by atoms with E-state index in [1.807, 2.05) is 35.8 Å². The fraction of sp³-hybridized carbons (Fsp3) is 0.444. The van der Waals surface area contributed by atoms with Crippen LogP contribution < -0.4 is 5.32 Å². The summed E-state index contributed by atoms with van der Waals surface area (Å²) in [5, 5.41) is 13.7. The number of rotatable bonds is 9. The lowest BCUT2D eigenvalue weighted by molar-refractivity contribution is -0.567. The molecule has 2 aliphatic rings. The number of para-hydroxylation sites is 1. The highest BCUT2D eigenvalue weighted by molar-refractivity contribution is 5.91. The summed E-state index contributed by atoms with van der Waals surface area (Å²) in [5.41, 5.74) is 4.25. The molecule has 0 saturated carbocycles. The number of fused-ring (bicyclic) bond motifs is 3. The summed E-state index contributed by atoms with van der Waals surface area (Å²) in [5.74, 6) is -1.20. The predicted octanol–water partition coefficient (Wildman–Crippen LogP) is 4.40. The first-order chi connectivity index (χ1) is 17.0. The molecule has 0 aliphatic carbocycles. The third-order valence-corrected chi connectivity index (χ3v) is 7.20. The minimum Gasteiger partial charge on any atom is -0.396 e. The van der Waals surface area contributed by atoms with Crippen LogP contribution in [0.5, 0.6) is 0 Å². The van der Waals surface area contributed by atoms with Gasteiger partial charge in [0.1, 0.15) is 18.2 Å². The van der Waals surface area contributed by atoms with Crippen molar-refractivity contribution in [1.82, 2.24) is 9.88 Å². The Morgan fingerprint density at radius 2 is 1.89 bits per heavy atom. The number of aromatic nitrogens is 1. The molecule has 3 aromatic rings. The smallest absolute Gasteiger partial charge is 0.224 e. The molecule has 1 fully saturated rings. The van der Waals surface area contributed by atoms with E-state index in [0.29, 0.717) is 38.0 Å². The van der Waals surface area contributed by atoms with Crippen molar-refractivity contribution in [3.8, 4) is 0 Å². The number of benzene rings is 2. The van der Waals surface area contributed by atoms with Crippen LogP contribution in [-0.2, 0) is 6.42 Å². The van der Waals surface area contributed by atoms with E-state index in [2.05, 4.69) is 15.2 Å². The highest BCUT2D eigenvalue weighted by Gasteiger charge is 2.40. The van der Waals surface area contributed by atoms with Gasteiger partial charge in [-0.3, -0.25) is 9.29 Å². The summed E-state index contributed by atoms with van der Waals surface area (Å²) in [6.07, 6.45) is 1.70. The number of nitrogens with one attached hydrogen (secondary N) is 2. The van der Waals surface area contributed by atoms with Crippen molar-refractivity contribution in [3.05, 3.63) is 64.9 Å². The van der Waals surface area contributed by atoms with Crippen LogP contribution in [0.4, 0.5) is 18.9 Å². The van der Waals surface area contributed by atoms with Gasteiger partial charge in [-0.1, -0.05) is 18.2 Å². The van der Waals surface area contributed by atoms with Gasteiger partial charge < -0.3 is 15.4 Å². The number of hydrogen-bond donors (Lipinski definition) is 3. The van der Waals surface area contributed by atoms with Crippen molar-refractivity contribution in [1.29, 1.82) is 0 Å². The van der Waals surface area contributed by atoms with E-state index in [4.69, 9.17) is 0 Å². The lowest BCUT2D eigenvalue weighted by atomic mass is 9.91. The van der Waals surface area contributed by atoms with Gasteiger partial charge >= 0.3 is 0 Å². The molecular formula is C27H32F3N4O+. The Morgan fingerprint density at radius 1 is 1.14 bits per heavy atom. The number of anilines is 1. The molecule has 0 spiro atoms. The van der Waals surface area contributed by atoms with Crippen molar-refractivity contribution in [2.75, 3.05) is 44.8 Å². The summed E-state index contributed by atoms with van der Waals surface area (Å²) in [4.78, 5) is 5.55. The highest BCUT2D eigenvalue weighted by Crippen LogP contribution is 2.39. The summed E-state index contributed by atoms with van der Waals surface area (Å²) in [7, 11) is 0. The average molecular weight is 486 g/mol. The Labute approximate surface area is 203 Å². The Morgan fingerprint density at radius 3 is 2.60 bits per heavy atom. The summed E-state index contributed by atoms with van der Waals surface area (Å²) < 4.78 is 45.7. The number of halogens is 3. The maximum absolute atomic E-state index is 15.7. The fourth-order valence-corrected chi connectivity index (χ4v) is 5.53. The quantitative estimate of drug-likeness (QED) is 0.394. The number of aliphatic hydroxyl groups excluding tert-OH is 1. The van der Waals surface area contributed by atoms with Crippen LogP contribution in [0.25, 0.3) is 10.9 Å². The van der Waals surface area contributed by atoms with Gasteiger partial charge in [0.2, 0.25) is 6.04 Å². The Hall–Kier alpha value is -2.84. The van der Waals surface area contributed by atoms with E-state index in [-0.39, 0.29) is 24.9 Å². The molecule has 3 N–H and O–H groups in total. The average Bonchev–Trinajstić information content (AvgIpc) is 3.17. The number of likely N-dealkylation sites (tertiary alicyclic amines) is 1. The van der Waals surface area contributed by atoms with Crippen LogP contribution in [0.15, 0.2) is 36.4 Å². The Balaban J connectivity index is 1.48. The molecule has 1 saturated heterocycles. The standard InChI is InChI=1S/C27H32F3N4O/c1-17-12-21-20-6-2-3-7-24(20)32-26(21)27(34(17)10-5-11-35)25-22(29)13-18(14-23(25)30)31-19-15-33(16-19)9-4-8-28/h2-3,6-7,13-14,19,27,31-32,35H,4-5,8-12,15-16H2,1H3/q+1. The molecule has 0 radical (unpaired) electrons. The van der Waals surface area contributed by atoms with Crippen molar-refractivity contribution < 1.29 is 22.9 Å². The molecule has 1 aromatic heterocycles. The molecule has 3 heterocycles. The number of nitrogens with zero attached hydrogens (tertiary/aromatic N) is 2. The van der Waals surface area contributed by atoms with E-state index in [9.17, 15) is 9.50 Å². The molecule has 186 valence electrons. The third-order valence-electron chi connectivity index (χ3n) is 7.20. The zero-order valence-electron chi connectivity index (χ0n) is 20.0. The molecule has 1 unspecified atom stereocenters. The second-order valence-corrected chi connectivity index (χ2v) is 9.64. The topological polar surface area (TPSA) is 54.3 Å². The van der Waals surface area contributed by atoms with Gasteiger partial charge in [0.05, 0.1) is 30.4 Å². The molecule has 0 bridgehead atoms. The Bertz CT molecular complexity index is 1230. The monoisotopic (exact) mass is 485 g/mol. The van der Waals surface area contributed by atoms with Crippen molar-refractivity contribution in [2.45, 2.75) is 38.3 Å². The summed E-state index contributed by atoms with van der Waals surface area (Å²) in [6.45, 7) is 4.32. The van der Waals surface area contributed by atoms with Crippen molar-refractivity contribution in [3.63, 3.8) is 0 Å². The largest absolute Gasteiger partial charge is 0.396 e. The molecule has 0 amide bonds. The van der Waals surface area contributed by atoms with Gasteiger partial charge in [-0.15, -0.1) is 0 Å². The van der Waals surface area contributed by atoms with E-state index in [1.54, 1.807) is 0 Å². The highest BCUT2D eigenvalue weighted by atomic mass is 19.1. The molecule has 1 atom stereocenters. The van der Waals surface area contributed by atoms with E-state index < -0.39 is 17.7 Å². The van der Waals surface area contributed by atoms with Gasteiger partial charge in [-0.25, -0.2) is 13.4 Å². The second-order valence-electron chi connectivity index (χ2n) is 9.64. The molecule has 35 heavy (non-hydrogen) atoms. The zero-order chi connectivity index (χ0) is 24.5. The van der Waals surface area contributed by atoms with E-state index in [0.717, 1.165) is 41.0 Å². The molecule has 5 nitrogen and oxygen atoms in total. The van der Waals surface area contributed by atoms with Crippen LogP contribution in [0, 0.1) is 11.6 Å². The molecular weight excluding hydrogens is 453 g/mol. The SMILES string of the molecule is CC1=[N+](CCCO)C(c2c(F)cc(NC3CN(CCCF)C3)cc2F)c2[nH]c3ccccc3c2C1. The molecule has 2 aliphatic heterocycles. The van der Waals surface area contributed by atoms with Crippen LogP contribution in [-0.4, -0.2) is 70.8 Å². The van der Waals surface area contributed by atoms with Crippen LogP contribution in [0.1, 0.15) is 42.6 Å². The van der Waals surface area contributed by atoms with Gasteiger partial charge in [0, 0.05) is 56.2 Å².